The van der Waals surface area contributed by atoms with Crippen LogP contribution in [0.4, 0.5) is 0 Å². The van der Waals surface area contributed by atoms with Crippen LogP contribution in [0.3, 0.4) is 0 Å². The van der Waals surface area contributed by atoms with Gasteiger partial charge in [0.05, 0.1) is 17.8 Å². The molecule has 6 nitrogen and oxygen atoms in total. The minimum absolute atomic E-state index is 0.0711. The van der Waals surface area contributed by atoms with Gasteiger partial charge in [0.15, 0.2) is 0 Å². The maximum atomic E-state index is 12.1. The summed E-state index contributed by atoms with van der Waals surface area (Å²) in [6, 6.07) is 19.1. The topological polar surface area (TPSA) is 70.2 Å². The average molecular weight is 359 g/mol. The Kier molecular flexibility index (Phi) is 4.78. The minimum Gasteiger partial charge on any atom is -0.461 e. The summed E-state index contributed by atoms with van der Waals surface area (Å²) < 4.78 is 12.5. The molecule has 0 unspecified atom stereocenters. The number of carbonyl (C=O) groups is 1. The van der Waals surface area contributed by atoms with Gasteiger partial charge in [-0.05, 0) is 35.9 Å². The van der Waals surface area contributed by atoms with E-state index >= 15 is 0 Å². The van der Waals surface area contributed by atoms with Crippen LogP contribution >= 0.6 is 0 Å². The number of hydrogen-bond acceptors (Lipinski definition) is 5. The Morgan fingerprint density at radius 2 is 1.85 bits per heavy atom. The summed E-state index contributed by atoms with van der Waals surface area (Å²) >= 11 is 0. The van der Waals surface area contributed by atoms with Crippen molar-refractivity contribution in [2.24, 2.45) is 0 Å². The van der Waals surface area contributed by atoms with Crippen molar-refractivity contribution in [3.63, 3.8) is 0 Å². The van der Waals surface area contributed by atoms with Gasteiger partial charge >= 0.3 is 5.97 Å². The molecule has 27 heavy (non-hydrogen) atoms. The third-order valence-corrected chi connectivity index (χ3v) is 4.00. The molecule has 0 radical (unpaired) electrons. The van der Waals surface area contributed by atoms with Crippen molar-refractivity contribution >= 4 is 5.97 Å². The number of benzene rings is 2. The fourth-order valence-electron chi connectivity index (χ4n) is 2.63. The molecule has 134 valence electrons. The SMILES string of the molecule is O=C(Cc1coc(-c2ccccc2)n1)OCc1ccc(-n2cccn2)cc1. The van der Waals surface area contributed by atoms with Crippen LogP contribution in [0, 0.1) is 0 Å². The Bertz CT molecular complexity index is 1010. The number of oxazole rings is 1. The smallest absolute Gasteiger partial charge is 0.312 e. The summed E-state index contributed by atoms with van der Waals surface area (Å²) in [6.45, 7) is 0.210. The van der Waals surface area contributed by atoms with Gasteiger partial charge in [0.1, 0.15) is 12.9 Å². The lowest BCUT2D eigenvalue weighted by Crippen LogP contribution is -2.08. The molecule has 2 heterocycles. The summed E-state index contributed by atoms with van der Waals surface area (Å²) in [6.07, 6.45) is 5.16. The van der Waals surface area contributed by atoms with Gasteiger partial charge in [-0.3, -0.25) is 4.79 Å². The molecule has 4 rings (SSSR count). The number of nitrogens with zero attached hydrogens (tertiary/aromatic N) is 3. The molecule has 0 saturated heterocycles. The molecule has 0 atom stereocenters. The van der Waals surface area contributed by atoms with E-state index in [0.717, 1.165) is 16.8 Å². The van der Waals surface area contributed by atoms with Gasteiger partial charge in [-0.2, -0.15) is 5.10 Å². The number of ether oxygens (including phenoxy) is 1. The lowest BCUT2D eigenvalue weighted by molar-refractivity contribution is -0.144. The highest BCUT2D eigenvalue weighted by Gasteiger charge is 2.11. The van der Waals surface area contributed by atoms with Crippen LogP contribution in [0.1, 0.15) is 11.3 Å². The standard InChI is InChI=1S/C21H17N3O3/c25-20(13-18-15-27-21(23-18)17-5-2-1-3-6-17)26-14-16-7-9-19(10-8-16)24-12-4-11-22-24/h1-12,15H,13-14H2. The monoisotopic (exact) mass is 359 g/mol. The number of esters is 1. The van der Waals surface area contributed by atoms with Crippen LogP contribution < -0.4 is 0 Å². The van der Waals surface area contributed by atoms with Crippen molar-refractivity contribution in [3.05, 3.63) is 90.6 Å². The molecular weight excluding hydrogens is 342 g/mol. The van der Waals surface area contributed by atoms with Crippen LogP contribution in [0.15, 0.2) is 83.7 Å². The summed E-state index contributed by atoms with van der Waals surface area (Å²) in [4.78, 5) is 16.4. The van der Waals surface area contributed by atoms with Gasteiger partial charge in [-0.1, -0.05) is 30.3 Å². The molecule has 2 aromatic carbocycles. The molecule has 2 aromatic heterocycles. The van der Waals surface area contributed by atoms with E-state index in [2.05, 4.69) is 10.1 Å². The molecule has 0 spiro atoms. The zero-order chi connectivity index (χ0) is 18.5. The highest BCUT2D eigenvalue weighted by molar-refractivity contribution is 5.72. The highest BCUT2D eigenvalue weighted by atomic mass is 16.5. The van der Waals surface area contributed by atoms with Crippen LogP contribution in [-0.4, -0.2) is 20.7 Å². The quantitative estimate of drug-likeness (QED) is 0.490. The molecular formula is C21H17N3O3. The zero-order valence-electron chi connectivity index (χ0n) is 14.5. The second-order valence-electron chi connectivity index (χ2n) is 5.96. The van der Waals surface area contributed by atoms with Crippen LogP contribution in [0.2, 0.25) is 0 Å². The molecule has 0 aliphatic carbocycles. The molecule has 0 amide bonds. The Hall–Kier alpha value is -3.67. The van der Waals surface area contributed by atoms with E-state index in [0.29, 0.717) is 11.6 Å². The number of carbonyl (C=O) groups excluding carboxylic acids is 1. The van der Waals surface area contributed by atoms with Gasteiger partial charge in [0.2, 0.25) is 5.89 Å². The Morgan fingerprint density at radius 1 is 1.04 bits per heavy atom. The maximum absolute atomic E-state index is 12.1. The van der Waals surface area contributed by atoms with Gasteiger partial charge in [0.25, 0.3) is 0 Å². The van der Waals surface area contributed by atoms with Crippen molar-refractivity contribution in [2.75, 3.05) is 0 Å². The largest absolute Gasteiger partial charge is 0.461 e. The van der Waals surface area contributed by atoms with Gasteiger partial charge < -0.3 is 9.15 Å². The Morgan fingerprint density at radius 3 is 2.59 bits per heavy atom. The Labute approximate surface area is 156 Å². The van der Waals surface area contributed by atoms with E-state index in [4.69, 9.17) is 9.15 Å². The second kappa shape index (κ2) is 7.70. The third kappa shape index (κ3) is 4.12. The fourth-order valence-corrected chi connectivity index (χ4v) is 2.63. The predicted molar refractivity (Wildman–Crippen MR) is 99.0 cm³/mol. The third-order valence-electron chi connectivity index (χ3n) is 4.00. The molecule has 0 aliphatic heterocycles. The van der Waals surface area contributed by atoms with Crippen molar-refractivity contribution in [1.29, 1.82) is 0 Å². The molecule has 0 N–H and O–H groups in total. The normalized spacial score (nSPS) is 10.7. The molecule has 4 aromatic rings. The van der Waals surface area contributed by atoms with Crippen molar-refractivity contribution in [3.8, 4) is 17.1 Å². The van der Waals surface area contributed by atoms with Crippen LogP contribution in [0.25, 0.3) is 17.1 Å². The first-order valence-electron chi connectivity index (χ1n) is 8.52. The highest BCUT2D eigenvalue weighted by Crippen LogP contribution is 2.18. The zero-order valence-corrected chi connectivity index (χ0v) is 14.5. The first-order chi connectivity index (χ1) is 13.3. The lowest BCUT2D eigenvalue weighted by Gasteiger charge is -2.05. The lowest BCUT2D eigenvalue weighted by atomic mass is 10.2. The fraction of sp³-hybridized carbons (Fsp3) is 0.0952. The van der Waals surface area contributed by atoms with E-state index in [9.17, 15) is 4.79 Å². The molecule has 0 saturated carbocycles. The first kappa shape index (κ1) is 16.8. The van der Waals surface area contributed by atoms with E-state index in [1.807, 2.05) is 66.9 Å². The molecule has 6 heteroatoms. The minimum atomic E-state index is -0.348. The maximum Gasteiger partial charge on any atom is 0.312 e. The predicted octanol–water partition coefficient (Wildman–Crippen LogP) is 3.81. The van der Waals surface area contributed by atoms with E-state index in [1.54, 1.807) is 10.9 Å². The molecule has 0 bridgehead atoms. The summed E-state index contributed by atoms with van der Waals surface area (Å²) in [5.74, 6) is 0.145. The van der Waals surface area contributed by atoms with E-state index in [1.165, 1.54) is 6.26 Å². The second-order valence-corrected chi connectivity index (χ2v) is 5.96. The number of hydrogen-bond donors (Lipinski definition) is 0. The number of aromatic nitrogens is 3. The van der Waals surface area contributed by atoms with Crippen molar-refractivity contribution in [1.82, 2.24) is 14.8 Å². The van der Waals surface area contributed by atoms with Gasteiger partial charge in [-0.15, -0.1) is 0 Å². The molecule has 0 aliphatic rings. The van der Waals surface area contributed by atoms with Crippen molar-refractivity contribution < 1.29 is 13.9 Å². The van der Waals surface area contributed by atoms with Crippen LogP contribution in [0.5, 0.6) is 0 Å². The van der Waals surface area contributed by atoms with E-state index < -0.39 is 0 Å². The summed E-state index contributed by atoms with van der Waals surface area (Å²) in [5.41, 5.74) is 3.28. The molecule has 0 fully saturated rings. The number of rotatable bonds is 6. The van der Waals surface area contributed by atoms with Gasteiger partial charge in [-0.25, -0.2) is 9.67 Å². The van der Waals surface area contributed by atoms with E-state index in [-0.39, 0.29) is 19.0 Å². The summed E-state index contributed by atoms with van der Waals surface area (Å²) in [5, 5.41) is 4.18. The van der Waals surface area contributed by atoms with Crippen LogP contribution in [-0.2, 0) is 22.6 Å². The average Bonchev–Trinajstić information content (AvgIpc) is 3.40. The first-order valence-corrected chi connectivity index (χ1v) is 8.52. The van der Waals surface area contributed by atoms with Crippen molar-refractivity contribution in [2.45, 2.75) is 13.0 Å². The van der Waals surface area contributed by atoms with Gasteiger partial charge in [0, 0.05) is 18.0 Å². The summed E-state index contributed by atoms with van der Waals surface area (Å²) in [7, 11) is 0. The Balaban J connectivity index is 1.32.